The Kier molecular flexibility index (Phi) is 6.59. The molecule has 5 nitrogen and oxygen atoms in total. The Balaban J connectivity index is 1.83. The zero-order valence-corrected chi connectivity index (χ0v) is 15.0. The number of benzene rings is 1. The Morgan fingerprint density at radius 2 is 2.00 bits per heavy atom. The van der Waals surface area contributed by atoms with Crippen molar-refractivity contribution in [1.82, 2.24) is 15.3 Å². The molecule has 2 rings (SSSR count). The fraction of sp³-hybridized carbons (Fsp3) is 0.294. The summed E-state index contributed by atoms with van der Waals surface area (Å²) in [7, 11) is 0. The highest BCUT2D eigenvalue weighted by molar-refractivity contribution is 8.00. The van der Waals surface area contributed by atoms with Crippen molar-refractivity contribution in [2.45, 2.75) is 25.3 Å². The molecule has 0 atom stereocenters. The largest absolute Gasteiger partial charge is 0.355 e. The molecular weight excluding hydrogens is 344 g/mol. The maximum absolute atomic E-state index is 12.0. The first-order valence-corrected chi connectivity index (χ1v) is 8.75. The van der Waals surface area contributed by atoms with Gasteiger partial charge in [-0.1, -0.05) is 35.5 Å². The first kappa shape index (κ1) is 18.2. The molecule has 0 radical (unpaired) electrons. The van der Waals surface area contributed by atoms with Crippen LogP contribution in [-0.4, -0.2) is 28.2 Å². The molecule has 1 aromatic carbocycles. The summed E-state index contributed by atoms with van der Waals surface area (Å²) in [6.07, 6.45) is 0.739. The minimum atomic E-state index is -0.0910. The van der Waals surface area contributed by atoms with Crippen LogP contribution in [0.2, 0.25) is 5.02 Å². The summed E-state index contributed by atoms with van der Waals surface area (Å²) in [5, 5.41) is 13.3. The Morgan fingerprint density at radius 3 is 2.67 bits per heavy atom. The van der Waals surface area contributed by atoms with Crippen molar-refractivity contribution in [2.24, 2.45) is 0 Å². The van der Waals surface area contributed by atoms with E-state index in [-0.39, 0.29) is 11.7 Å². The zero-order chi connectivity index (χ0) is 17.5. The number of nitrogens with one attached hydrogen (secondary N) is 1. The SMILES string of the molecule is Cc1nc(C)c(C#N)c(SCC(=O)NCCc2ccc(Cl)cc2)n1. The number of hydrogen-bond acceptors (Lipinski definition) is 5. The van der Waals surface area contributed by atoms with Crippen LogP contribution in [0.25, 0.3) is 0 Å². The van der Waals surface area contributed by atoms with E-state index in [1.165, 1.54) is 11.8 Å². The van der Waals surface area contributed by atoms with Crippen molar-refractivity contribution in [1.29, 1.82) is 5.26 Å². The standard InChI is InChI=1S/C17H17ClN4OS/c1-11-15(9-19)17(22-12(2)21-11)24-10-16(23)20-8-7-13-3-5-14(18)6-4-13/h3-6H,7-8,10H2,1-2H3,(H,20,23). The predicted molar refractivity (Wildman–Crippen MR) is 95.1 cm³/mol. The van der Waals surface area contributed by atoms with Gasteiger partial charge >= 0.3 is 0 Å². The van der Waals surface area contributed by atoms with Crippen molar-refractivity contribution >= 4 is 29.3 Å². The predicted octanol–water partition coefficient (Wildman–Crippen LogP) is 3.07. The quantitative estimate of drug-likeness (QED) is 0.632. The number of rotatable bonds is 6. The highest BCUT2D eigenvalue weighted by Gasteiger charge is 2.12. The van der Waals surface area contributed by atoms with Crippen molar-refractivity contribution in [2.75, 3.05) is 12.3 Å². The molecule has 1 amide bonds. The molecule has 0 spiro atoms. The lowest BCUT2D eigenvalue weighted by Gasteiger charge is -2.07. The number of thioether (sulfide) groups is 1. The number of nitriles is 1. The number of nitrogens with zero attached hydrogens (tertiary/aromatic N) is 3. The van der Waals surface area contributed by atoms with Gasteiger partial charge in [0.1, 0.15) is 22.5 Å². The Hall–Kier alpha value is -2.10. The summed E-state index contributed by atoms with van der Waals surface area (Å²) in [6.45, 7) is 4.09. The third-order valence-electron chi connectivity index (χ3n) is 3.27. The van der Waals surface area contributed by atoms with E-state index in [1.54, 1.807) is 13.8 Å². The van der Waals surface area contributed by atoms with E-state index in [0.717, 1.165) is 12.0 Å². The van der Waals surface area contributed by atoms with Gasteiger partial charge in [0.05, 0.1) is 11.4 Å². The van der Waals surface area contributed by atoms with Gasteiger partial charge in [-0.15, -0.1) is 0 Å². The topological polar surface area (TPSA) is 78.7 Å². The number of amides is 1. The summed E-state index contributed by atoms with van der Waals surface area (Å²) >= 11 is 7.09. The van der Waals surface area contributed by atoms with E-state index in [9.17, 15) is 10.1 Å². The van der Waals surface area contributed by atoms with Crippen LogP contribution in [-0.2, 0) is 11.2 Å². The molecule has 1 aromatic heterocycles. The fourth-order valence-electron chi connectivity index (χ4n) is 2.10. The first-order valence-electron chi connectivity index (χ1n) is 7.39. The van der Waals surface area contributed by atoms with E-state index in [1.807, 2.05) is 24.3 Å². The lowest BCUT2D eigenvalue weighted by molar-refractivity contribution is -0.118. The molecule has 0 saturated carbocycles. The number of hydrogen-bond donors (Lipinski definition) is 1. The molecule has 7 heteroatoms. The minimum Gasteiger partial charge on any atom is -0.355 e. The van der Waals surface area contributed by atoms with Crippen LogP contribution in [0.4, 0.5) is 0 Å². The first-order chi connectivity index (χ1) is 11.5. The van der Waals surface area contributed by atoms with Gasteiger partial charge in [-0.25, -0.2) is 9.97 Å². The monoisotopic (exact) mass is 360 g/mol. The smallest absolute Gasteiger partial charge is 0.230 e. The Bertz CT molecular complexity index is 771. The van der Waals surface area contributed by atoms with Gasteiger partial charge in [-0.3, -0.25) is 4.79 Å². The third-order valence-corrected chi connectivity index (χ3v) is 4.50. The maximum Gasteiger partial charge on any atom is 0.230 e. The van der Waals surface area contributed by atoms with Crippen LogP contribution in [0.15, 0.2) is 29.3 Å². The minimum absolute atomic E-state index is 0.0910. The molecule has 1 N–H and O–H groups in total. The van der Waals surface area contributed by atoms with Crippen LogP contribution in [0, 0.1) is 25.2 Å². The van der Waals surface area contributed by atoms with Crippen LogP contribution in [0.5, 0.6) is 0 Å². The number of carbonyl (C=O) groups excluding carboxylic acids is 1. The van der Waals surface area contributed by atoms with Crippen molar-refractivity contribution in [3.8, 4) is 6.07 Å². The molecule has 0 aliphatic rings. The van der Waals surface area contributed by atoms with Crippen molar-refractivity contribution in [3.63, 3.8) is 0 Å². The van der Waals surface area contributed by atoms with Gasteiger partial charge in [0.2, 0.25) is 5.91 Å². The van der Waals surface area contributed by atoms with Gasteiger partial charge in [0, 0.05) is 11.6 Å². The maximum atomic E-state index is 12.0. The Morgan fingerprint density at radius 1 is 1.29 bits per heavy atom. The summed E-state index contributed by atoms with van der Waals surface area (Å²) in [6, 6.07) is 9.64. The van der Waals surface area contributed by atoms with Crippen LogP contribution in [0.1, 0.15) is 22.6 Å². The molecule has 0 unspecified atom stereocenters. The normalized spacial score (nSPS) is 10.2. The second-order valence-corrected chi connectivity index (χ2v) is 6.56. The van der Waals surface area contributed by atoms with Crippen LogP contribution in [0.3, 0.4) is 0 Å². The molecule has 0 saturated heterocycles. The number of aromatic nitrogens is 2. The van der Waals surface area contributed by atoms with Crippen LogP contribution >= 0.6 is 23.4 Å². The molecule has 124 valence electrons. The van der Waals surface area contributed by atoms with Gasteiger partial charge in [0.25, 0.3) is 0 Å². The molecule has 24 heavy (non-hydrogen) atoms. The number of aryl methyl sites for hydroxylation is 2. The molecule has 2 aromatic rings. The molecule has 0 fully saturated rings. The van der Waals surface area contributed by atoms with E-state index in [2.05, 4.69) is 21.4 Å². The van der Waals surface area contributed by atoms with Gasteiger partial charge in [-0.05, 0) is 38.0 Å². The second kappa shape index (κ2) is 8.67. The van der Waals surface area contributed by atoms with E-state index in [0.29, 0.717) is 33.7 Å². The zero-order valence-electron chi connectivity index (χ0n) is 13.5. The highest BCUT2D eigenvalue weighted by Crippen LogP contribution is 2.21. The fourth-order valence-corrected chi connectivity index (χ4v) is 3.13. The average Bonchev–Trinajstić information content (AvgIpc) is 2.54. The second-order valence-electron chi connectivity index (χ2n) is 5.16. The lowest BCUT2D eigenvalue weighted by atomic mass is 10.1. The summed E-state index contributed by atoms with van der Waals surface area (Å²) in [5.74, 6) is 0.717. The van der Waals surface area contributed by atoms with Gasteiger partial charge in [0.15, 0.2) is 0 Å². The lowest BCUT2D eigenvalue weighted by Crippen LogP contribution is -2.27. The average molecular weight is 361 g/mol. The molecular formula is C17H17ClN4OS. The van der Waals surface area contributed by atoms with E-state index >= 15 is 0 Å². The van der Waals surface area contributed by atoms with Gasteiger partial charge in [-0.2, -0.15) is 5.26 Å². The van der Waals surface area contributed by atoms with Crippen molar-refractivity contribution in [3.05, 3.63) is 51.9 Å². The third kappa shape index (κ3) is 5.22. The molecule has 0 bridgehead atoms. The highest BCUT2D eigenvalue weighted by atomic mass is 35.5. The molecule has 0 aliphatic carbocycles. The number of halogens is 1. The van der Waals surface area contributed by atoms with Crippen molar-refractivity contribution < 1.29 is 4.79 Å². The summed E-state index contributed by atoms with van der Waals surface area (Å²) in [4.78, 5) is 20.4. The molecule has 0 aliphatic heterocycles. The van der Waals surface area contributed by atoms with Gasteiger partial charge < -0.3 is 5.32 Å². The van der Waals surface area contributed by atoms with E-state index in [4.69, 9.17) is 11.6 Å². The summed E-state index contributed by atoms with van der Waals surface area (Å²) < 4.78 is 0. The summed E-state index contributed by atoms with van der Waals surface area (Å²) in [5.41, 5.74) is 2.18. The molecule has 1 heterocycles. The Labute approximate surface area is 150 Å². The number of carbonyl (C=O) groups is 1. The van der Waals surface area contributed by atoms with E-state index < -0.39 is 0 Å². The van der Waals surface area contributed by atoms with Crippen LogP contribution < -0.4 is 5.32 Å².